The van der Waals surface area contributed by atoms with Gasteiger partial charge in [0, 0.05) is 18.0 Å². The molecule has 0 amide bonds. The van der Waals surface area contributed by atoms with Crippen LogP contribution in [0.5, 0.6) is 5.88 Å². The summed E-state index contributed by atoms with van der Waals surface area (Å²) in [6, 6.07) is 3.48. The Morgan fingerprint density at radius 3 is 2.82 bits per heavy atom. The Labute approximate surface area is 96.9 Å². The van der Waals surface area contributed by atoms with Crippen molar-refractivity contribution in [2.45, 2.75) is 0 Å². The fourth-order valence-electron chi connectivity index (χ4n) is 1.32. The maximum absolute atomic E-state index is 10.8. The number of carboxylic acid groups (broad SMARTS) is 1. The molecule has 0 bridgehead atoms. The minimum absolute atomic E-state index is 0.135. The first-order valence-corrected chi connectivity index (χ1v) is 4.77. The Bertz CT molecular complexity index is 543. The highest BCUT2D eigenvalue weighted by atomic mass is 16.5. The highest BCUT2D eigenvalue weighted by Gasteiger charge is 2.13. The number of nitrogens with zero attached hydrogens (tertiary/aromatic N) is 3. The van der Waals surface area contributed by atoms with Gasteiger partial charge in [0.2, 0.25) is 5.88 Å². The molecule has 0 aliphatic carbocycles. The number of aromatic carboxylic acids is 1. The van der Waals surface area contributed by atoms with E-state index in [1.54, 1.807) is 24.5 Å². The molecule has 6 nitrogen and oxygen atoms in total. The summed E-state index contributed by atoms with van der Waals surface area (Å²) in [4.78, 5) is 22.7. The van der Waals surface area contributed by atoms with E-state index in [9.17, 15) is 4.79 Å². The summed E-state index contributed by atoms with van der Waals surface area (Å²) in [5, 5.41) is 8.86. The average molecular weight is 231 g/mol. The molecule has 1 N–H and O–H groups in total. The molecular formula is C11H9N3O3. The molecular weight excluding hydrogens is 222 g/mol. The monoisotopic (exact) mass is 231 g/mol. The number of carbonyl (C=O) groups is 1. The van der Waals surface area contributed by atoms with Gasteiger partial charge in [-0.05, 0) is 12.1 Å². The van der Waals surface area contributed by atoms with Crippen molar-refractivity contribution in [3.05, 3.63) is 36.4 Å². The molecule has 0 aromatic carbocycles. The zero-order chi connectivity index (χ0) is 12.3. The van der Waals surface area contributed by atoms with E-state index in [1.165, 1.54) is 7.11 Å². The van der Waals surface area contributed by atoms with Crippen molar-refractivity contribution in [3.63, 3.8) is 0 Å². The highest BCUT2D eigenvalue weighted by Crippen LogP contribution is 2.24. The molecule has 2 aromatic heterocycles. The van der Waals surface area contributed by atoms with Crippen LogP contribution in [-0.2, 0) is 0 Å². The summed E-state index contributed by atoms with van der Waals surface area (Å²) in [5.74, 6) is -0.867. The normalized spacial score (nSPS) is 9.94. The van der Waals surface area contributed by atoms with Gasteiger partial charge in [0.25, 0.3) is 0 Å². The molecule has 0 spiro atoms. The van der Waals surface area contributed by atoms with E-state index in [1.807, 2.05) is 0 Å². The summed E-state index contributed by atoms with van der Waals surface area (Å²) in [5.41, 5.74) is 0.880. The van der Waals surface area contributed by atoms with E-state index in [0.29, 0.717) is 11.3 Å². The predicted octanol–water partition coefficient (Wildman–Crippen LogP) is 1.25. The zero-order valence-corrected chi connectivity index (χ0v) is 8.99. The van der Waals surface area contributed by atoms with Gasteiger partial charge in [-0.3, -0.25) is 4.98 Å². The SMILES string of the molecule is COc1ncc(C(=O)O)nc1-c1cccnc1. The van der Waals surface area contributed by atoms with Crippen molar-refractivity contribution in [3.8, 4) is 17.1 Å². The average Bonchev–Trinajstić information content (AvgIpc) is 2.39. The first-order chi connectivity index (χ1) is 8.22. The number of rotatable bonds is 3. The van der Waals surface area contributed by atoms with Gasteiger partial charge in [-0.2, -0.15) is 0 Å². The number of ether oxygens (including phenoxy) is 1. The number of hydrogen-bond donors (Lipinski definition) is 1. The Morgan fingerprint density at radius 1 is 1.41 bits per heavy atom. The van der Waals surface area contributed by atoms with Crippen molar-refractivity contribution in [1.82, 2.24) is 15.0 Å². The molecule has 0 aliphatic heterocycles. The van der Waals surface area contributed by atoms with Crippen LogP contribution in [0.25, 0.3) is 11.3 Å². The van der Waals surface area contributed by atoms with Gasteiger partial charge in [-0.25, -0.2) is 14.8 Å². The summed E-state index contributed by atoms with van der Waals surface area (Å²) in [6.07, 6.45) is 4.34. The van der Waals surface area contributed by atoms with Crippen LogP contribution in [-0.4, -0.2) is 33.1 Å². The lowest BCUT2D eigenvalue weighted by molar-refractivity contribution is 0.0690. The maximum atomic E-state index is 10.8. The van der Waals surface area contributed by atoms with Crippen molar-refractivity contribution < 1.29 is 14.6 Å². The third kappa shape index (κ3) is 2.20. The third-order valence-corrected chi connectivity index (χ3v) is 2.09. The van der Waals surface area contributed by atoms with Crippen LogP contribution in [0.15, 0.2) is 30.7 Å². The lowest BCUT2D eigenvalue weighted by Gasteiger charge is -2.06. The van der Waals surface area contributed by atoms with Gasteiger partial charge >= 0.3 is 5.97 Å². The molecule has 0 aliphatic rings. The molecule has 0 radical (unpaired) electrons. The van der Waals surface area contributed by atoms with Gasteiger partial charge in [-0.1, -0.05) is 0 Å². The molecule has 0 unspecified atom stereocenters. The van der Waals surface area contributed by atoms with E-state index in [0.717, 1.165) is 6.20 Å². The standard InChI is InChI=1S/C11H9N3O3/c1-17-10-9(7-3-2-4-12-5-7)14-8(6-13-10)11(15)16/h2-6H,1H3,(H,15,16). The van der Waals surface area contributed by atoms with Crippen LogP contribution in [0.2, 0.25) is 0 Å². The van der Waals surface area contributed by atoms with Crippen LogP contribution in [0.1, 0.15) is 10.5 Å². The zero-order valence-electron chi connectivity index (χ0n) is 8.99. The molecule has 2 rings (SSSR count). The van der Waals surface area contributed by atoms with Crippen LogP contribution in [0, 0.1) is 0 Å². The van der Waals surface area contributed by atoms with Crippen molar-refractivity contribution in [2.24, 2.45) is 0 Å². The molecule has 86 valence electrons. The molecule has 0 fully saturated rings. The van der Waals surface area contributed by atoms with Gasteiger partial charge in [0.05, 0.1) is 13.3 Å². The predicted molar refractivity (Wildman–Crippen MR) is 58.8 cm³/mol. The number of aromatic nitrogens is 3. The maximum Gasteiger partial charge on any atom is 0.356 e. The first kappa shape index (κ1) is 11.0. The Kier molecular flexibility index (Phi) is 2.95. The quantitative estimate of drug-likeness (QED) is 0.855. The fraction of sp³-hybridized carbons (Fsp3) is 0.0909. The number of methoxy groups -OCH3 is 1. The van der Waals surface area contributed by atoms with Crippen molar-refractivity contribution in [2.75, 3.05) is 7.11 Å². The minimum atomic E-state index is -1.13. The first-order valence-electron chi connectivity index (χ1n) is 4.77. The minimum Gasteiger partial charge on any atom is -0.479 e. The molecule has 2 heterocycles. The van der Waals surface area contributed by atoms with E-state index in [-0.39, 0.29) is 11.6 Å². The molecule has 6 heteroatoms. The molecule has 0 saturated carbocycles. The lowest BCUT2D eigenvalue weighted by Crippen LogP contribution is -2.04. The van der Waals surface area contributed by atoms with E-state index in [2.05, 4.69) is 15.0 Å². The molecule has 0 atom stereocenters. The largest absolute Gasteiger partial charge is 0.479 e. The summed E-state index contributed by atoms with van der Waals surface area (Å²) >= 11 is 0. The van der Waals surface area contributed by atoms with Gasteiger partial charge in [-0.15, -0.1) is 0 Å². The summed E-state index contributed by atoms with van der Waals surface area (Å²) in [6.45, 7) is 0. The smallest absolute Gasteiger partial charge is 0.356 e. The lowest BCUT2D eigenvalue weighted by atomic mass is 10.2. The Balaban J connectivity index is 2.58. The number of pyridine rings is 1. The van der Waals surface area contributed by atoms with Gasteiger partial charge in [0.15, 0.2) is 5.69 Å². The number of carboxylic acids is 1. The van der Waals surface area contributed by atoms with Crippen LogP contribution < -0.4 is 4.74 Å². The van der Waals surface area contributed by atoms with Gasteiger partial charge < -0.3 is 9.84 Å². The molecule has 17 heavy (non-hydrogen) atoms. The fourth-order valence-corrected chi connectivity index (χ4v) is 1.32. The summed E-state index contributed by atoms with van der Waals surface area (Å²) < 4.78 is 5.04. The number of hydrogen-bond acceptors (Lipinski definition) is 5. The van der Waals surface area contributed by atoms with Crippen molar-refractivity contribution >= 4 is 5.97 Å². The van der Waals surface area contributed by atoms with E-state index in [4.69, 9.17) is 9.84 Å². The van der Waals surface area contributed by atoms with Gasteiger partial charge in [0.1, 0.15) is 5.69 Å². The summed E-state index contributed by atoms with van der Waals surface area (Å²) in [7, 11) is 1.45. The van der Waals surface area contributed by atoms with E-state index >= 15 is 0 Å². The second-order valence-corrected chi connectivity index (χ2v) is 3.16. The van der Waals surface area contributed by atoms with E-state index < -0.39 is 5.97 Å². The Hall–Kier alpha value is -2.50. The third-order valence-electron chi connectivity index (χ3n) is 2.09. The van der Waals surface area contributed by atoms with Crippen LogP contribution >= 0.6 is 0 Å². The highest BCUT2D eigenvalue weighted by molar-refractivity contribution is 5.86. The Morgan fingerprint density at radius 2 is 2.24 bits per heavy atom. The topological polar surface area (TPSA) is 85.2 Å². The van der Waals surface area contributed by atoms with Crippen molar-refractivity contribution in [1.29, 1.82) is 0 Å². The molecule has 2 aromatic rings. The van der Waals surface area contributed by atoms with Crippen LogP contribution in [0.3, 0.4) is 0 Å². The molecule has 0 saturated heterocycles. The van der Waals surface area contributed by atoms with Crippen LogP contribution in [0.4, 0.5) is 0 Å². The second kappa shape index (κ2) is 4.56. The second-order valence-electron chi connectivity index (χ2n) is 3.16.